The fourth-order valence-electron chi connectivity index (χ4n) is 1.58. The molecule has 0 aliphatic carbocycles. The van der Waals surface area contributed by atoms with E-state index in [1.165, 1.54) is 18.4 Å². The highest BCUT2D eigenvalue weighted by molar-refractivity contribution is 5.48. The lowest BCUT2D eigenvalue weighted by Crippen LogP contribution is -2.17. The van der Waals surface area contributed by atoms with Crippen LogP contribution in [-0.2, 0) is 0 Å². The molecule has 1 fully saturated rings. The molecule has 2 nitrogen and oxygen atoms in total. The first-order valence-corrected chi connectivity index (χ1v) is 4.77. The summed E-state index contributed by atoms with van der Waals surface area (Å²) in [6, 6.07) is 4.60. The summed E-state index contributed by atoms with van der Waals surface area (Å²) >= 11 is 0. The van der Waals surface area contributed by atoms with Crippen molar-refractivity contribution in [3.63, 3.8) is 0 Å². The predicted molar refractivity (Wildman–Crippen MR) is 54.3 cm³/mol. The van der Waals surface area contributed by atoms with Crippen LogP contribution in [0.1, 0.15) is 18.4 Å². The summed E-state index contributed by atoms with van der Waals surface area (Å²) in [5, 5.41) is 3.42. The SMILES string of the molecule is C(=C[C@@H]1CCCN1)c1cccnc1. The van der Waals surface area contributed by atoms with Crippen LogP contribution in [0.5, 0.6) is 0 Å². The molecule has 1 aromatic rings. The molecule has 68 valence electrons. The Morgan fingerprint density at radius 2 is 2.54 bits per heavy atom. The first kappa shape index (κ1) is 8.45. The van der Waals surface area contributed by atoms with Crippen molar-refractivity contribution in [3.05, 3.63) is 36.2 Å². The van der Waals surface area contributed by atoms with Crippen LogP contribution in [0.25, 0.3) is 6.08 Å². The number of aromatic nitrogens is 1. The van der Waals surface area contributed by atoms with Gasteiger partial charge in [-0.3, -0.25) is 4.98 Å². The quantitative estimate of drug-likeness (QED) is 0.740. The molecule has 0 unspecified atom stereocenters. The second-order valence-corrected chi connectivity index (χ2v) is 3.35. The predicted octanol–water partition coefficient (Wildman–Crippen LogP) is 1.85. The molecule has 1 aromatic heterocycles. The summed E-state index contributed by atoms with van der Waals surface area (Å²) in [6.45, 7) is 1.15. The molecule has 0 aromatic carbocycles. The van der Waals surface area contributed by atoms with Gasteiger partial charge < -0.3 is 5.32 Å². The molecule has 1 saturated heterocycles. The Hall–Kier alpha value is -1.15. The van der Waals surface area contributed by atoms with Crippen LogP contribution in [-0.4, -0.2) is 17.6 Å². The smallest absolute Gasteiger partial charge is 0.0340 e. The fourth-order valence-corrected chi connectivity index (χ4v) is 1.58. The standard InChI is InChI=1S/C11H14N2/c1-3-10(9-12-7-1)5-6-11-4-2-8-13-11/h1,3,5-7,9,11,13H,2,4,8H2/t11-/m0/s1. The topological polar surface area (TPSA) is 24.9 Å². The Bertz CT molecular complexity index is 273. The van der Waals surface area contributed by atoms with Gasteiger partial charge in [-0.15, -0.1) is 0 Å². The van der Waals surface area contributed by atoms with Crippen LogP contribution in [0.3, 0.4) is 0 Å². The largest absolute Gasteiger partial charge is 0.311 e. The van der Waals surface area contributed by atoms with Gasteiger partial charge in [0, 0.05) is 18.4 Å². The van der Waals surface area contributed by atoms with Crippen molar-refractivity contribution in [2.75, 3.05) is 6.54 Å². The Morgan fingerprint density at radius 3 is 3.23 bits per heavy atom. The summed E-state index contributed by atoms with van der Waals surface area (Å²) in [6.07, 6.45) is 10.6. The van der Waals surface area contributed by atoms with E-state index in [9.17, 15) is 0 Å². The Balaban J connectivity index is 1.97. The van der Waals surface area contributed by atoms with Crippen LogP contribution in [0.2, 0.25) is 0 Å². The van der Waals surface area contributed by atoms with Crippen molar-refractivity contribution >= 4 is 6.08 Å². The number of rotatable bonds is 2. The Labute approximate surface area is 78.7 Å². The highest BCUT2D eigenvalue weighted by Gasteiger charge is 2.09. The van der Waals surface area contributed by atoms with Crippen LogP contribution in [0.4, 0.5) is 0 Å². The van der Waals surface area contributed by atoms with Gasteiger partial charge in [0.15, 0.2) is 0 Å². The van der Waals surface area contributed by atoms with Gasteiger partial charge in [0.25, 0.3) is 0 Å². The molecular formula is C11H14N2. The third-order valence-corrected chi connectivity index (χ3v) is 2.30. The minimum absolute atomic E-state index is 0.570. The minimum Gasteiger partial charge on any atom is -0.311 e. The van der Waals surface area contributed by atoms with Crippen LogP contribution in [0.15, 0.2) is 30.6 Å². The van der Waals surface area contributed by atoms with E-state index in [-0.39, 0.29) is 0 Å². The molecule has 2 heteroatoms. The number of pyridine rings is 1. The van der Waals surface area contributed by atoms with Gasteiger partial charge in [-0.05, 0) is 31.0 Å². The fraction of sp³-hybridized carbons (Fsp3) is 0.364. The molecule has 0 amide bonds. The molecule has 1 N–H and O–H groups in total. The van der Waals surface area contributed by atoms with Gasteiger partial charge in [-0.2, -0.15) is 0 Å². The minimum atomic E-state index is 0.570. The summed E-state index contributed by atoms with van der Waals surface area (Å²) < 4.78 is 0. The van der Waals surface area contributed by atoms with Crippen LogP contribution >= 0.6 is 0 Å². The first-order valence-electron chi connectivity index (χ1n) is 4.77. The number of nitrogens with zero attached hydrogens (tertiary/aromatic N) is 1. The van der Waals surface area contributed by atoms with Crippen molar-refractivity contribution < 1.29 is 0 Å². The maximum absolute atomic E-state index is 4.06. The van der Waals surface area contributed by atoms with Gasteiger partial charge in [0.2, 0.25) is 0 Å². The number of nitrogens with one attached hydrogen (secondary N) is 1. The van der Waals surface area contributed by atoms with E-state index in [2.05, 4.69) is 28.5 Å². The zero-order chi connectivity index (χ0) is 8.93. The average Bonchev–Trinajstić information content (AvgIpc) is 2.69. The lowest BCUT2D eigenvalue weighted by molar-refractivity contribution is 0.730. The maximum Gasteiger partial charge on any atom is 0.0340 e. The monoisotopic (exact) mass is 174 g/mol. The molecular weight excluding hydrogens is 160 g/mol. The molecule has 1 atom stereocenters. The molecule has 2 heterocycles. The second-order valence-electron chi connectivity index (χ2n) is 3.35. The first-order chi connectivity index (χ1) is 6.45. The van der Waals surface area contributed by atoms with Gasteiger partial charge in [-0.25, -0.2) is 0 Å². The van der Waals surface area contributed by atoms with Crippen molar-refractivity contribution in [1.82, 2.24) is 10.3 Å². The lowest BCUT2D eigenvalue weighted by Gasteiger charge is -2.01. The van der Waals surface area contributed by atoms with Gasteiger partial charge in [0.1, 0.15) is 0 Å². The summed E-state index contributed by atoms with van der Waals surface area (Å²) in [5.41, 5.74) is 1.18. The highest BCUT2D eigenvalue weighted by Crippen LogP contribution is 2.08. The van der Waals surface area contributed by atoms with Gasteiger partial charge in [-0.1, -0.05) is 18.2 Å². The molecule has 1 aliphatic rings. The van der Waals surface area contributed by atoms with E-state index in [4.69, 9.17) is 0 Å². The Morgan fingerprint density at radius 1 is 1.54 bits per heavy atom. The van der Waals surface area contributed by atoms with Crippen molar-refractivity contribution in [2.45, 2.75) is 18.9 Å². The van der Waals surface area contributed by atoms with E-state index in [1.54, 1.807) is 6.20 Å². The third kappa shape index (κ3) is 2.39. The normalized spacial score (nSPS) is 22.6. The second kappa shape index (κ2) is 4.19. The summed E-state index contributed by atoms with van der Waals surface area (Å²) in [7, 11) is 0. The van der Waals surface area contributed by atoms with Gasteiger partial charge >= 0.3 is 0 Å². The molecule has 13 heavy (non-hydrogen) atoms. The molecule has 1 aliphatic heterocycles. The third-order valence-electron chi connectivity index (χ3n) is 2.30. The summed E-state index contributed by atoms with van der Waals surface area (Å²) in [4.78, 5) is 4.06. The summed E-state index contributed by atoms with van der Waals surface area (Å²) in [5.74, 6) is 0. The van der Waals surface area contributed by atoms with E-state index in [0.29, 0.717) is 6.04 Å². The molecule has 0 spiro atoms. The molecule has 0 radical (unpaired) electrons. The lowest BCUT2D eigenvalue weighted by atomic mass is 10.2. The molecule has 2 rings (SSSR count). The van der Waals surface area contributed by atoms with Crippen molar-refractivity contribution in [1.29, 1.82) is 0 Å². The van der Waals surface area contributed by atoms with Crippen LogP contribution < -0.4 is 5.32 Å². The van der Waals surface area contributed by atoms with Crippen molar-refractivity contribution in [2.24, 2.45) is 0 Å². The zero-order valence-corrected chi connectivity index (χ0v) is 7.61. The van der Waals surface area contributed by atoms with E-state index in [0.717, 1.165) is 6.54 Å². The average molecular weight is 174 g/mol. The number of hydrogen-bond acceptors (Lipinski definition) is 2. The maximum atomic E-state index is 4.06. The number of hydrogen-bond donors (Lipinski definition) is 1. The highest BCUT2D eigenvalue weighted by atomic mass is 14.9. The molecule has 0 saturated carbocycles. The van der Waals surface area contributed by atoms with E-state index < -0.39 is 0 Å². The van der Waals surface area contributed by atoms with Crippen LogP contribution in [0, 0.1) is 0 Å². The van der Waals surface area contributed by atoms with Gasteiger partial charge in [0.05, 0.1) is 0 Å². The zero-order valence-electron chi connectivity index (χ0n) is 7.61. The van der Waals surface area contributed by atoms with E-state index >= 15 is 0 Å². The molecule has 0 bridgehead atoms. The Kier molecular flexibility index (Phi) is 2.72. The van der Waals surface area contributed by atoms with E-state index in [1.807, 2.05) is 12.3 Å². The van der Waals surface area contributed by atoms with Crippen molar-refractivity contribution in [3.8, 4) is 0 Å².